The van der Waals surface area contributed by atoms with Crippen molar-refractivity contribution < 1.29 is 4.42 Å². The zero-order chi connectivity index (χ0) is 15.5. The van der Waals surface area contributed by atoms with E-state index < -0.39 is 0 Å². The first kappa shape index (κ1) is 16.6. The fourth-order valence-electron chi connectivity index (χ4n) is 3.72. The van der Waals surface area contributed by atoms with Crippen molar-refractivity contribution in [1.82, 2.24) is 5.32 Å². The summed E-state index contributed by atoms with van der Waals surface area (Å²) in [4.78, 5) is 0. The molecule has 0 aliphatic heterocycles. The first-order valence-corrected chi connectivity index (χ1v) is 8.60. The predicted molar refractivity (Wildman–Crippen MR) is 89.4 cm³/mol. The molecule has 0 amide bonds. The van der Waals surface area contributed by atoms with Crippen molar-refractivity contribution in [1.29, 1.82) is 0 Å². The molecule has 1 aromatic heterocycles. The highest BCUT2D eigenvalue weighted by Crippen LogP contribution is 2.46. The molecule has 0 spiro atoms. The molecule has 2 rings (SSSR count). The molecule has 3 unspecified atom stereocenters. The van der Waals surface area contributed by atoms with Crippen LogP contribution in [0.3, 0.4) is 0 Å². The molecule has 1 N–H and O–H groups in total. The molecule has 2 nitrogen and oxygen atoms in total. The minimum absolute atomic E-state index is 0.415. The summed E-state index contributed by atoms with van der Waals surface area (Å²) >= 11 is 0. The van der Waals surface area contributed by atoms with Gasteiger partial charge in [-0.05, 0) is 73.1 Å². The number of rotatable bonds is 5. The summed E-state index contributed by atoms with van der Waals surface area (Å²) < 4.78 is 5.36. The maximum absolute atomic E-state index is 5.36. The molecule has 1 fully saturated rings. The van der Waals surface area contributed by atoms with Gasteiger partial charge in [-0.2, -0.15) is 0 Å². The van der Waals surface area contributed by atoms with Gasteiger partial charge in [0.05, 0.1) is 12.5 Å². The van der Waals surface area contributed by atoms with E-state index in [0.717, 1.165) is 30.8 Å². The van der Waals surface area contributed by atoms with Gasteiger partial charge >= 0.3 is 0 Å². The second kappa shape index (κ2) is 7.00. The Balaban J connectivity index is 2.03. The molecular formula is C19H33NO. The van der Waals surface area contributed by atoms with Crippen molar-refractivity contribution in [3.05, 3.63) is 24.2 Å². The van der Waals surface area contributed by atoms with E-state index >= 15 is 0 Å². The van der Waals surface area contributed by atoms with Gasteiger partial charge < -0.3 is 9.73 Å². The molecule has 1 saturated carbocycles. The topological polar surface area (TPSA) is 25.2 Å². The largest absolute Gasteiger partial charge is 0.472 e. The highest BCUT2D eigenvalue weighted by molar-refractivity contribution is 5.15. The van der Waals surface area contributed by atoms with E-state index in [0.29, 0.717) is 11.3 Å². The van der Waals surface area contributed by atoms with Gasteiger partial charge in [0, 0.05) is 0 Å². The van der Waals surface area contributed by atoms with Crippen LogP contribution in [0.2, 0.25) is 0 Å². The van der Waals surface area contributed by atoms with E-state index in [4.69, 9.17) is 4.42 Å². The molecule has 1 aliphatic carbocycles. The molecule has 21 heavy (non-hydrogen) atoms. The average molecular weight is 291 g/mol. The second-order valence-electron chi connectivity index (χ2n) is 8.35. The number of furan rings is 1. The number of hydrogen-bond acceptors (Lipinski definition) is 2. The van der Waals surface area contributed by atoms with Crippen LogP contribution >= 0.6 is 0 Å². The van der Waals surface area contributed by atoms with Crippen LogP contribution in [-0.4, -0.2) is 13.1 Å². The van der Waals surface area contributed by atoms with Crippen molar-refractivity contribution in [3.63, 3.8) is 0 Å². The lowest BCUT2D eigenvalue weighted by atomic mass is 9.64. The minimum Gasteiger partial charge on any atom is -0.472 e. The molecule has 0 aromatic carbocycles. The summed E-state index contributed by atoms with van der Waals surface area (Å²) in [6.45, 7) is 14.0. The third-order valence-electron chi connectivity index (χ3n) is 5.15. The van der Waals surface area contributed by atoms with E-state index in [1.807, 2.05) is 12.5 Å². The van der Waals surface area contributed by atoms with Crippen molar-refractivity contribution in [2.24, 2.45) is 23.2 Å². The first-order valence-electron chi connectivity index (χ1n) is 8.60. The van der Waals surface area contributed by atoms with E-state index in [1.165, 1.54) is 24.8 Å². The fraction of sp³-hybridized carbons (Fsp3) is 0.789. The van der Waals surface area contributed by atoms with Gasteiger partial charge in [0.2, 0.25) is 0 Å². The zero-order valence-electron chi connectivity index (χ0n) is 14.5. The monoisotopic (exact) mass is 291 g/mol. The number of hydrogen-bond donors (Lipinski definition) is 1. The summed E-state index contributed by atoms with van der Waals surface area (Å²) in [5, 5.41) is 3.67. The Labute approximate surface area is 130 Å². The van der Waals surface area contributed by atoms with Gasteiger partial charge in [0.15, 0.2) is 0 Å². The SMILES string of the molecule is CC(C)CNCC1CCC(C(C)(C)C)CC1c1ccoc1. The molecule has 1 aliphatic rings. The standard InChI is InChI=1S/C19H33NO/c1-14(2)11-20-12-15-6-7-17(19(3,4)5)10-18(15)16-8-9-21-13-16/h8-9,13-15,17-18,20H,6-7,10-12H2,1-5H3. The van der Waals surface area contributed by atoms with Crippen molar-refractivity contribution in [2.45, 2.75) is 59.8 Å². The third kappa shape index (κ3) is 4.60. The third-order valence-corrected chi connectivity index (χ3v) is 5.15. The van der Waals surface area contributed by atoms with Gasteiger partial charge in [0.1, 0.15) is 0 Å². The lowest BCUT2D eigenvalue weighted by Gasteiger charge is -2.42. The Morgan fingerprint density at radius 2 is 2.05 bits per heavy atom. The second-order valence-corrected chi connectivity index (χ2v) is 8.35. The van der Waals surface area contributed by atoms with Gasteiger partial charge in [-0.3, -0.25) is 0 Å². The zero-order valence-corrected chi connectivity index (χ0v) is 14.5. The molecule has 0 radical (unpaired) electrons. The molecule has 1 heterocycles. The smallest absolute Gasteiger partial charge is 0.0937 e. The quantitative estimate of drug-likeness (QED) is 0.819. The van der Waals surface area contributed by atoms with Crippen LogP contribution in [0.15, 0.2) is 23.0 Å². The molecule has 0 bridgehead atoms. The summed E-state index contributed by atoms with van der Waals surface area (Å²) in [6, 6.07) is 2.17. The van der Waals surface area contributed by atoms with E-state index in [9.17, 15) is 0 Å². The summed E-state index contributed by atoms with van der Waals surface area (Å²) in [5.74, 6) is 2.95. The maximum atomic E-state index is 5.36. The predicted octanol–water partition coefficient (Wildman–Crippen LogP) is 5.07. The van der Waals surface area contributed by atoms with Gasteiger partial charge in [-0.15, -0.1) is 0 Å². The number of nitrogens with one attached hydrogen (secondary N) is 1. The molecular weight excluding hydrogens is 258 g/mol. The Morgan fingerprint density at radius 1 is 1.29 bits per heavy atom. The summed E-state index contributed by atoms with van der Waals surface area (Å²) in [7, 11) is 0. The van der Waals surface area contributed by atoms with Crippen LogP contribution in [-0.2, 0) is 0 Å². The van der Waals surface area contributed by atoms with Crippen LogP contribution < -0.4 is 5.32 Å². The Hall–Kier alpha value is -0.760. The molecule has 120 valence electrons. The maximum Gasteiger partial charge on any atom is 0.0937 e. The normalized spacial score (nSPS) is 27.2. The van der Waals surface area contributed by atoms with Crippen LogP contribution in [0.1, 0.15) is 65.4 Å². The van der Waals surface area contributed by atoms with Gasteiger partial charge in [-0.25, -0.2) is 0 Å². The van der Waals surface area contributed by atoms with E-state index in [-0.39, 0.29) is 0 Å². The molecule has 1 aromatic rings. The molecule has 3 atom stereocenters. The fourth-order valence-corrected chi connectivity index (χ4v) is 3.72. The van der Waals surface area contributed by atoms with Gasteiger partial charge in [0.25, 0.3) is 0 Å². The van der Waals surface area contributed by atoms with Crippen LogP contribution in [0, 0.1) is 23.2 Å². The van der Waals surface area contributed by atoms with Crippen molar-refractivity contribution in [3.8, 4) is 0 Å². The summed E-state index contributed by atoms with van der Waals surface area (Å²) in [5.41, 5.74) is 1.82. The van der Waals surface area contributed by atoms with Crippen LogP contribution in [0.5, 0.6) is 0 Å². The Bertz CT molecular complexity index is 402. The summed E-state index contributed by atoms with van der Waals surface area (Å²) in [6.07, 6.45) is 7.80. The van der Waals surface area contributed by atoms with Gasteiger partial charge in [-0.1, -0.05) is 34.6 Å². The average Bonchev–Trinajstić information content (AvgIpc) is 2.91. The van der Waals surface area contributed by atoms with E-state index in [2.05, 4.69) is 46.0 Å². The minimum atomic E-state index is 0.415. The lowest BCUT2D eigenvalue weighted by molar-refractivity contribution is 0.129. The lowest BCUT2D eigenvalue weighted by Crippen LogP contribution is -2.36. The molecule has 0 saturated heterocycles. The highest BCUT2D eigenvalue weighted by atomic mass is 16.3. The van der Waals surface area contributed by atoms with Crippen LogP contribution in [0.4, 0.5) is 0 Å². The Kier molecular flexibility index (Phi) is 5.54. The van der Waals surface area contributed by atoms with Crippen molar-refractivity contribution in [2.75, 3.05) is 13.1 Å². The van der Waals surface area contributed by atoms with E-state index in [1.54, 1.807) is 0 Å². The molecule has 2 heteroatoms. The highest BCUT2D eigenvalue weighted by Gasteiger charge is 2.36. The van der Waals surface area contributed by atoms with Crippen LogP contribution in [0.25, 0.3) is 0 Å². The Morgan fingerprint density at radius 3 is 2.62 bits per heavy atom. The first-order chi connectivity index (χ1) is 9.88. The van der Waals surface area contributed by atoms with Crippen molar-refractivity contribution >= 4 is 0 Å².